The lowest BCUT2D eigenvalue weighted by Gasteiger charge is -2.48. The second-order valence-corrected chi connectivity index (χ2v) is 9.61. The fraction of sp³-hybridized carbons (Fsp3) is 0.667. The van der Waals surface area contributed by atoms with E-state index >= 15 is 0 Å². The van der Waals surface area contributed by atoms with Crippen LogP contribution in [0.1, 0.15) is 63.5 Å². The Balaban J connectivity index is 0.00000192. The zero-order valence-electron chi connectivity index (χ0n) is 16.4. The van der Waals surface area contributed by atoms with Crippen molar-refractivity contribution < 1.29 is 4.79 Å². The molecule has 3 fully saturated rings. The summed E-state index contributed by atoms with van der Waals surface area (Å²) in [7, 11) is 0. The van der Waals surface area contributed by atoms with E-state index in [1.807, 2.05) is 0 Å². The molecule has 3 aliphatic carbocycles. The van der Waals surface area contributed by atoms with E-state index in [9.17, 15) is 4.79 Å². The van der Waals surface area contributed by atoms with Gasteiger partial charge in [0, 0.05) is 36.6 Å². The van der Waals surface area contributed by atoms with Crippen LogP contribution < -0.4 is 4.90 Å². The van der Waals surface area contributed by atoms with Gasteiger partial charge in [0.1, 0.15) is 5.78 Å². The van der Waals surface area contributed by atoms with E-state index in [0.717, 1.165) is 45.0 Å². The number of ketones is 1. The fourth-order valence-electron chi connectivity index (χ4n) is 6.79. The van der Waals surface area contributed by atoms with E-state index < -0.39 is 0 Å². The van der Waals surface area contributed by atoms with Crippen LogP contribution >= 0.6 is 0 Å². The molecule has 0 amide bonds. The smallest absolute Gasteiger partial charge is 0.271 e. The SMILES string of the molecule is C.CC12CCC3c4cc(N5CCB(C#N)CC5)ccc4CCC3C1CCC2=O. The molecule has 2 saturated carbocycles. The van der Waals surface area contributed by atoms with Gasteiger partial charge in [-0.2, -0.15) is 0 Å². The molecule has 4 unspecified atom stereocenters. The highest BCUT2D eigenvalue weighted by Crippen LogP contribution is 2.59. The van der Waals surface area contributed by atoms with Gasteiger partial charge < -0.3 is 4.90 Å². The van der Waals surface area contributed by atoms with Crippen molar-refractivity contribution in [3.8, 4) is 5.97 Å². The summed E-state index contributed by atoms with van der Waals surface area (Å²) in [6.07, 6.45) is 8.60. The quantitative estimate of drug-likeness (QED) is 0.639. The summed E-state index contributed by atoms with van der Waals surface area (Å²) in [6.45, 7) is 4.49. The molecule has 1 aromatic rings. The van der Waals surface area contributed by atoms with Crippen LogP contribution in [0.5, 0.6) is 0 Å². The molecular weight excluding hydrogens is 343 g/mol. The monoisotopic (exact) mass is 376 g/mol. The highest BCUT2D eigenvalue weighted by atomic mass is 16.1. The summed E-state index contributed by atoms with van der Waals surface area (Å²) >= 11 is 0. The summed E-state index contributed by atoms with van der Waals surface area (Å²) in [5.74, 6) is 4.92. The van der Waals surface area contributed by atoms with Gasteiger partial charge in [-0.3, -0.25) is 4.79 Å². The standard InChI is InChI=1S/C23H29BN2O.CH4/c1-23-9-8-18-19(21(23)6-7-22(23)27)5-3-16-2-4-17(14-20(16)18)26-12-10-24(15-25)11-13-26;/h2,4,14,18-19,21H,3,5-13H2,1H3;1H4. The van der Waals surface area contributed by atoms with Gasteiger partial charge in [-0.25, -0.2) is 5.26 Å². The molecule has 0 aromatic heterocycles. The third-order valence-corrected chi connectivity index (χ3v) is 8.46. The van der Waals surface area contributed by atoms with E-state index in [4.69, 9.17) is 5.26 Å². The van der Waals surface area contributed by atoms with Gasteiger partial charge in [0.25, 0.3) is 6.71 Å². The molecule has 0 spiro atoms. The number of nitrogens with zero attached hydrogens (tertiary/aromatic N) is 2. The summed E-state index contributed by atoms with van der Waals surface area (Å²) in [5.41, 5.74) is 4.43. The molecule has 1 heterocycles. The van der Waals surface area contributed by atoms with E-state index in [1.54, 1.807) is 11.1 Å². The number of nitriles is 1. The van der Waals surface area contributed by atoms with Gasteiger partial charge in [0.15, 0.2) is 0 Å². The molecule has 4 heteroatoms. The fourth-order valence-corrected chi connectivity index (χ4v) is 6.79. The number of carbonyl (C=O) groups is 1. The first kappa shape index (κ1) is 19.6. The maximum Gasteiger partial charge on any atom is 0.271 e. The van der Waals surface area contributed by atoms with Gasteiger partial charge in [-0.05, 0) is 85.8 Å². The predicted molar refractivity (Wildman–Crippen MR) is 116 cm³/mol. The van der Waals surface area contributed by atoms with Crippen molar-refractivity contribution >= 4 is 18.2 Å². The number of aryl methyl sites for hydroxylation is 1. The molecular formula is C24H33BN2O. The van der Waals surface area contributed by atoms with Gasteiger partial charge in [0.05, 0.1) is 0 Å². The molecule has 1 aliphatic heterocycles. The van der Waals surface area contributed by atoms with Crippen LogP contribution in [0, 0.1) is 28.5 Å². The molecule has 4 atom stereocenters. The largest absolute Gasteiger partial charge is 0.373 e. The number of hydrogen-bond acceptors (Lipinski definition) is 3. The van der Waals surface area contributed by atoms with Crippen LogP contribution in [-0.2, 0) is 11.2 Å². The minimum Gasteiger partial charge on any atom is -0.373 e. The third kappa shape index (κ3) is 2.90. The number of benzene rings is 1. The van der Waals surface area contributed by atoms with Gasteiger partial charge >= 0.3 is 0 Å². The highest BCUT2D eigenvalue weighted by molar-refractivity contribution is 6.67. The molecule has 0 radical (unpaired) electrons. The van der Waals surface area contributed by atoms with E-state index in [2.05, 4.69) is 36.0 Å². The lowest BCUT2D eigenvalue weighted by Crippen LogP contribution is -2.42. The lowest BCUT2D eigenvalue weighted by molar-refractivity contribution is -0.129. The Morgan fingerprint density at radius 2 is 1.96 bits per heavy atom. The molecule has 0 bridgehead atoms. The predicted octanol–water partition coefficient (Wildman–Crippen LogP) is 5.13. The average molecular weight is 376 g/mol. The van der Waals surface area contributed by atoms with Crippen molar-refractivity contribution in [2.75, 3.05) is 18.0 Å². The van der Waals surface area contributed by atoms with Crippen LogP contribution in [0.2, 0.25) is 12.6 Å². The van der Waals surface area contributed by atoms with Crippen LogP contribution in [-0.4, -0.2) is 25.6 Å². The molecule has 1 aromatic carbocycles. The summed E-state index contributed by atoms with van der Waals surface area (Å²) in [6, 6.07) is 7.14. The molecule has 148 valence electrons. The Bertz CT molecular complexity index is 807. The Morgan fingerprint density at radius 1 is 1.18 bits per heavy atom. The number of fused-ring (bicyclic) bond motifs is 5. The van der Waals surface area contributed by atoms with Crippen molar-refractivity contribution in [3.63, 3.8) is 0 Å². The van der Waals surface area contributed by atoms with Crippen LogP contribution in [0.15, 0.2) is 18.2 Å². The minimum absolute atomic E-state index is 0. The first-order chi connectivity index (χ1) is 13.1. The van der Waals surface area contributed by atoms with Gasteiger partial charge in [-0.1, -0.05) is 20.4 Å². The van der Waals surface area contributed by atoms with Crippen molar-refractivity contribution in [1.82, 2.24) is 0 Å². The third-order valence-electron chi connectivity index (χ3n) is 8.46. The molecule has 5 rings (SSSR count). The highest BCUT2D eigenvalue weighted by Gasteiger charge is 2.54. The number of hydrogen-bond donors (Lipinski definition) is 0. The minimum atomic E-state index is -0.0323. The Kier molecular flexibility index (Phi) is 5.06. The van der Waals surface area contributed by atoms with E-state index in [0.29, 0.717) is 23.5 Å². The molecule has 4 aliphatic rings. The van der Waals surface area contributed by atoms with Gasteiger partial charge in [-0.15, -0.1) is 0 Å². The second kappa shape index (κ2) is 7.25. The van der Waals surface area contributed by atoms with Crippen molar-refractivity contribution in [3.05, 3.63) is 29.3 Å². The van der Waals surface area contributed by atoms with Crippen molar-refractivity contribution in [1.29, 1.82) is 5.26 Å². The number of anilines is 1. The maximum absolute atomic E-state index is 12.5. The Morgan fingerprint density at radius 3 is 2.71 bits per heavy atom. The maximum atomic E-state index is 12.5. The zero-order valence-corrected chi connectivity index (χ0v) is 16.4. The normalized spacial score (nSPS) is 34.0. The van der Waals surface area contributed by atoms with E-state index in [1.165, 1.54) is 24.9 Å². The Hall–Kier alpha value is -1.76. The Labute approximate surface area is 170 Å². The first-order valence-corrected chi connectivity index (χ1v) is 10.9. The van der Waals surface area contributed by atoms with Crippen molar-refractivity contribution in [2.45, 2.75) is 71.4 Å². The topological polar surface area (TPSA) is 44.1 Å². The number of Topliss-reactive ketones (excluding diaryl/α,β-unsaturated/α-hetero) is 1. The van der Waals surface area contributed by atoms with Crippen LogP contribution in [0.4, 0.5) is 5.69 Å². The van der Waals surface area contributed by atoms with Crippen molar-refractivity contribution in [2.24, 2.45) is 17.3 Å². The van der Waals surface area contributed by atoms with Crippen LogP contribution in [0.25, 0.3) is 0 Å². The molecule has 0 N–H and O–H groups in total. The van der Waals surface area contributed by atoms with E-state index in [-0.39, 0.29) is 19.6 Å². The summed E-state index contributed by atoms with van der Waals surface area (Å²) in [4.78, 5) is 15.0. The molecule has 28 heavy (non-hydrogen) atoms. The second-order valence-electron chi connectivity index (χ2n) is 9.61. The molecule has 3 nitrogen and oxygen atoms in total. The van der Waals surface area contributed by atoms with Crippen LogP contribution in [0.3, 0.4) is 0 Å². The molecule has 1 saturated heterocycles. The number of rotatable bonds is 1. The summed E-state index contributed by atoms with van der Waals surface area (Å²) < 4.78 is 0. The average Bonchev–Trinajstić information content (AvgIpc) is 3.02. The summed E-state index contributed by atoms with van der Waals surface area (Å²) in [5, 5.41) is 9.16. The van der Waals surface area contributed by atoms with Gasteiger partial charge in [0.2, 0.25) is 0 Å². The lowest BCUT2D eigenvalue weighted by atomic mass is 9.45. The number of carbonyl (C=O) groups excluding carboxylic acids is 1. The zero-order chi connectivity index (χ0) is 18.6. The first-order valence-electron chi connectivity index (χ1n) is 10.9.